The van der Waals surface area contributed by atoms with Gasteiger partial charge in [0.2, 0.25) is 0 Å². The van der Waals surface area contributed by atoms with Crippen molar-refractivity contribution in [1.29, 1.82) is 0 Å². The molecule has 5 nitrogen and oxygen atoms in total. The van der Waals surface area contributed by atoms with E-state index in [1.807, 2.05) is 6.92 Å². The Kier molecular flexibility index (Phi) is 14.6. The standard InChI is InChI=1S/C2H6S.H3N.H2O4S/c1-2-3;;1-5(2,3)4/h3H,2H2,1H3;1H3;(H2,1,2,3,4). The van der Waals surface area contributed by atoms with Crippen LogP contribution in [0.15, 0.2) is 0 Å². The van der Waals surface area contributed by atoms with E-state index in [0.717, 1.165) is 5.75 Å². The fourth-order valence-corrected chi connectivity index (χ4v) is 0. The summed E-state index contributed by atoms with van der Waals surface area (Å²) < 4.78 is 31.6. The highest BCUT2D eigenvalue weighted by molar-refractivity contribution is 7.80. The number of thiol groups is 1. The van der Waals surface area contributed by atoms with Gasteiger partial charge >= 0.3 is 10.4 Å². The quantitative estimate of drug-likeness (QED) is 0.317. The Morgan fingerprint density at radius 3 is 1.44 bits per heavy atom. The van der Waals surface area contributed by atoms with Crippen molar-refractivity contribution in [3.8, 4) is 0 Å². The second kappa shape index (κ2) is 8.18. The van der Waals surface area contributed by atoms with Gasteiger partial charge in [0, 0.05) is 0 Å². The van der Waals surface area contributed by atoms with Gasteiger partial charge in [-0.15, -0.1) is 0 Å². The first-order valence-corrected chi connectivity index (χ1v) is 3.75. The molecule has 0 spiro atoms. The lowest BCUT2D eigenvalue weighted by Gasteiger charge is -1.68. The molecule has 5 N–H and O–H groups in total. The largest absolute Gasteiger partial charge is 0.394 e. The number of hydrogen-bond acceptors (Lipinski definition) is 4. The first kappa shape index (κ1) is 16.1. The molecule has 0 aliphatic heterocycles. The van der Waals surface area contributed by atoms with Crippen molar-refractivity contribution in [2.75, 3.05) is 5.75 Å². The molecule has 0 heterocycles. The van der Waals surface area contributed by atoms with E-state index in [2.05, 4.69) is 12.6 Å². The molecule has 0 bridgehead atoms. The Bertz CT molecular complexity index is 111. The minimum atomic E-state index is -4.67. The molecule has 60 valence electrons. The average molecular weight is 177 g/mol. The molecule has 0 saturated carbocycles. The Labute approximate surface area is 60.0 Å². The summed E-state index contributed by atoms with van der Waals surface area (Å²) >= 11 is 3.79. The highest BCUT2D eigenvalue weighted by Crippen LogP contribution is 1.59. The third-order valence-electron chi connectivity index (χ3n) is 0. The Morgan fingerprint density at radius 1 is 1.44 bits per heavy atom. The molecule has 0 aromatic rings. The fourth-order valence-electron chi connectivity index (χ4n) is 0. The van der Waals surface area contributed by atoms with Crippen LogP contribution in [0.5, 0.6) is 0 Å². The highest BCUT2D eigenvalue weighted by atomic mass is 32.3. The van der Waals surface area contributed by atoms with Crippen molar-refractivity contribution in [1.82, 2.24) is 6.15 Å². The Morgan fingerprint density at radius 2 is 1.44 bits per heavy atom. The summed E-state index contributed by atoms with van der Waals surface area (Å²) in [5.41, 5.74) is 0. The molecule has 7 heteroatoms. The van der Waals surface area contributed by atoms with Crippen LogP contribution in [0.2, 0.25) is 0 Å². The van der Waals surface area contributed by atoms with Gasteiger partial charge in [-0.25, -0.2) is 0 Å². The van der Waals surface area contributed by atoms with Crippen molar-refractivity contribution in [3.63, 3.8) is 0 Å². The third-order valence-corrected chi connectivity index (χ3v) is 0. The van der Waals surface area contributed by atoms with Crippen molar-refractivity contribution < 1.29 is 17.5 Å². The molecule has 0 radical (unpaired) electrons. The predicted molar refractivity (Wildman–Crippen MR) is 38.7 cm³/mol. The molecular formula is C2H11NO4S2. The van der Waals surface area contributed by atoms with E-state index in [1.54, 1.807) is 0 Å². The minimum Gasteiger partial charge on any atom is -0.344 e. The van der Waals surface area contributed by atoms with Crippen LogP contribution < -0.4 is 6.15 Å². The Balaban J connectivity index is -0.0000000800. The van der Waals surface area contributed by atoms with Gasteiger partial charge in [0.15, 0.2) is 0 Å². The lowest BCUT2D eigenvalue weighted by Crippen LogP contribution is -1.89. The van der Waals surface area contributed by atoms with Crippen LogP contribution in [0, 0.1) is 0 Å². The van der Waals surface area contributed by atoms with E-state index in [1.165, 1.54) is 0 Å². The van der Waals surface area contributed by atoms with Crippen LogP contribution in [0.25, 0.3) is 0 Å². The summed E-state index contributed by atoms with van der Waals surface area (Å²) in [7, 11) is -4.67. The molecule has 0 rings (SSSR count). The van der Waals surface area contributed by atoms with Gasteiger partial charge < -0.3 is 6.15 Å². The summed E-state index contributed by atoms with van der Waals surface area (Å²) in [5, 5.41) is 0. The average Bonchev–Trinajstić information content (AvgIpc) is 1.27. The first-order valence-electron chi connectivity index (χ1n) is 1.72. The molecule has 0 aliphatic carbocycles. The Hall–Kier alpha value is 0.180. The highest BCUT2D eigenvalue weighted by Gasteiger charge is 1.84. The van der Waals surface area contributed by atoms with Crippen LogP contribution in [0.4, 0.5) is 0 Å². The van der Waals surface area contributed by atoms with Crippen molar-refractivity contribution in [2.45, 2.75) is 6.92 Å². The van der Waals surface area contributed by atoms with E-state index in [0.29, 0.717) is 0 Å². The van der Waals surface area contributed by atoms with Gasteiger partial charge in [-0.05, 0) is 5.75 Å². The lowest BCUT2D eigenvalue weighted by atomic mass is 11.0. The van der Waals surface area contributed by atoms with Crippen LogP contribution in [0.3, 0.4) is 0 Å². The summed E-state index contributed by atoms with van der Waals surface area (Å²) in [6.07, 6.45) is 0. The maximum Gasteiger partial charge on any atom is 0.394 e. The molecule has 0 aliphatic rings. The van der Waals surface area contributed by atoms with Gasteiger partial charge in [0.1, 0.15) is 0 Å². The SMILES string of the molecule is CCS.N.O=S(=O)(O)O. The van der Waals surface area contributed by atoms with Gasteiger partial charge in [-0.1, -0.05) is 6.92 Å². The van der Waals surface area contributed by atoms with Gasteiger partial charge in [-0.2, -0.15) is 21.0 Å². The van der Waals surface area contributed by atoms with Crippen molar-refractivity contribution in [2.24, 2.45) is 0 Å². The van der Waals surface area contributed by atoms with Crippen molar-refractivity contribution in [3.05, 3.63) is 0 Å². The second-order valence-electron chi connectivity index (χ2n) is 0.764. The molecule has 0 atom stereocenters. The lowest BCUT2D eigenvalue weighted by molar-refractivity contribution is 0.381. The first-order chi connectivity index (χ1) is 3.41. The fraction of sp³-hybridized carbons (Fsp3) is 1.00. The zero-order valence-electron chi connectivity index (χ0n) is 4.98. The molecule has 0 unspecified atom stereocenters. The molecule has 0 aromatic heterocycles. The van der Waals surface area contributed by atoms with E-state index in [-0.39, 0.29) is 6.15 Å². The van der Waals surface area contributed by atoms with Crippen molar-refractivity contribution >= 4 is 23.0 Å². The summed E-state index contributed by atoms with van der Waals surface area (Å²) in [6, 6.07) is 0. The van der Waals surface area contributed by atoms with E-state index >= 15 is 0 Å². The van der Waals surface area contributed by atoms with Gasteiger partial charge in [0.05, 0.1) is 0 Å². The molecule has 9 heavy (non-hydrogen) atoms. The molecule has 0 saturated heterocycles. The van der Waals surface area contributed by atoms with Gasteiger partial charge in [0.25, 0.3) is 0 Å². The molecule has 0 fully saturated rings. The van der Waals surface area contributed by atoms with Crippen LogP contribution in [-0.4, -0.2) is 23.3 Å². The second-order valence-corrected chi connectivity index (χ2v) is 2.29. The third kappa shape index (κ3) is 9640. The number of rotatable bonds is 0. The predicted octanol–water partition coefficient (Wildman–Crippen LogP) is 0.445. The normalized spacial score (nSPS) is 8.44. The molecular weight excluding hydrogens is 166 g/mol. The topological polar surface area (TPSA) is 110 Å². The monoisotopic (exact) mass is 177 g/mol. The summed E-state index contributed by atoms with van der Waals surface area (Å²) in [4.78, 5) is 0. The van der Waals surface area contributed by atoms with Crippen LogP contribution >= 0.6 is 12.6 Å². The van der Waals surface area contributed by atoms with Gasteiger partial charge in [-0.3, -0.25) is 9.11 Å². The smallest absolute Gasteiger partial charge is 0.344 e. The number of hydrogen-bond donors (Lipinski definition) is 4. The molecule has 0 aromatic carbocycles. The summed E-state index contributed by atoms with van der Waals surface area (Å²) in [6.45, 7) is 1.99. The van der Waals surface area contributed by atoms with Crippen LogP contribution in [-0.2, 0) is 10.4 Å². The van der Waals surface area contributed by atoms with E-state index < -0.39 is 10.4 Å². The van der Waals surface area contributed by atoms with E-state index in [9.17, 15) is 0 Å². The van der Waals surface area contributed by atoms with Crippen LogP contribution in [0.1, 0.15) is 6.92 Å². The molecule has 0 amide bonds. The van der Waals surface area contributed by atoms with E-state index in [4.69, 9.17) is 17.5 Å². The zero-order chi connectivity index (χ0) is 7.21. The minimum absolute atomic E-state index is 0. The maximum atomic E-state index is 8.74. The summed E-state index contributed by atoms with van der Waals surface area (Å²) in [5.74, 6) is 0.944. The maximum absolute atomic E-state index is 8.74. The zero-order valence-corrected chi connectivity index (χ0v) is 6.69.